The summed E-state index contributed by atoms with van der Waals surface area (Å²) in [5.74, 6) is -1.12. The molecule has 18 heavy (non-hydrogen) atoms. The van der Waals surface area contributed by atoms with E-state index in [0.717, 1.165) is 32.2 Å². The highest BCUT2D eigenvalue weighted by Gasteiger charge is 2.30. The number of carboxylic acids is 1. The van der Waals surface area contributed by atoms with E-state index in [9.17, 15) is 9.59 Å². The minimum atomic E-state index is -0.925. The van der Waals surface area contributed by atoms with Crippen molar-refractivity contribution < 1.29 is 14.7 Å². The molecule has 1 atom stereocenters. The monoisotopic (exact) mass is 256 g/mol. The van der Waals surface area contributed by atoms with Crippen LogP contribution in [0.2, 0.25) is 0 Å². The van der Waals surface area contributed by atoms with Gasteiger partial charge in [0.1, 0.15) is 6.54 Å². The standard InChI is InChI=1S/C13H24N2O3/c1-3-14-8-10(2)13(18)15(9-12(16)17)11-6-4-5-7-11/h10-11,14H,3-9H2,1-2H3,(H,16,17). The van der Waals surface area contributed by atoms with Gasteiger partial charge in [-0.15, -0.1) is 0 Å². The number of rotatable bonds is 7. The van der Waals surface area contributed by atoms with Gasteiger partial charge in [0.2, 0.25) is 5.91 Å². The number of nitrogens with one attached hydrogen (secondary N) is 1. The van der Waals surface area contributed by atoms with Crippen molar-refractivity contribution >= 4 is 11.9 Å². The first-order valence-electron chi connectivity index (χ1n) is 6.79. The SMILES string of the molecule is CCNCC(C)C(=O)N(CC(=O)O)C1CCCC1. The molecule has 1 rings (SSSR count). The number of aliphatic carboxylic acids is 1. The third kappa shape index (κ3) is 4.29. The summed E-state index contributed by atoms with van der Waals surface area (Å²) in [6, 6.07) is 0.123. The first kappa shape index (κ1) is 15.0. The summed E-state index contributed by atoms with van der Waals surface area (Å²) in [6.07, 6.45) is 4.06. The molecule has 0 bridgehead atoms. The van der Waals surface area contributed by atoms with Crippen molar-refractivity contribution in [2.45, 2.75) is 45.6 Å². The van der Waals surface area contributed by atoms with Crippen LogP contribution in [0.25, 0.3) is 0 Å². The van der Waals surface area contributed by atoms with Gasteiger partial charge in [0.25, 0.3) is 0 Å². The smallest absolute Gasteiger partial charge is 0.323 e. The Bertz CT molecular complexity index is 288. The van der Waals surface area contributed by atoms with E-state index in [1.165, 1.54) is 0 Å². The molecule has 5 nitrogen and oxygen atoms in total. The first-order chi connectivity index (χ1) is 8.56. The second kappa shape index (κ2) is 7.36. The van der Waals surface area contributed by atoms with E-state index in [1.807, 2.05) is 13.8 Å². The predicted octanol–water partition coefficient (Wildman–Crippen LogP) is 1.09. The molecular formula is C13H24N2O3. The van der Waals surface area contributed by atoms with Gasteiger partial charge < -0.3 is 15.3 Å². The van der Waals surface area contributed by atoms with Gasteiger partial charge >= 0.3 is 5.97 Å². The van der Waals surface area contributed by atoms with Crippen LogP contribution in [0.4, 0.5) is 0 Å². The second-order valence-electron chi connectivity index (χ2n) is 5.01. The van der Waals surface area contributed by atoms with Crippen LogP contribution in [0.5, 0.6) is 0 Å². The predicted molar refractivity (Wildman–Crippen MR) is 69.3 cm³/mol. The van der Waals surface area contributed by atoms with E-state index >= 15 is 0 Å². The molecule has 0 radical (unpaired) electrons. The summed E-state index contributed by atoms with van der Waals surface area (Å²) in [4.78, 5) is 24.8. The summed E-state index contributed by atoms with van der Waals surface area (Å²) in [5.41, 5.74) is 0. The fourth-order valence-corrected chi connectivity index (χ4v) is 2.48. The van der Waals surface area contributed by atoms with E-state index < -0.39 is 5.97 Å². The molecule has 104 valence electrons. The van der Waals surface area contributed by atoms with Crippen LogP contribution >= 0.6 is 0 Å². The van der Waals surface area contributed by atoms with Crippen LogP contribution in [0.1, 0.15) is 39.5 Å². The van der Waals surface area contributed by atoms with Crippen LogP contribution in [0.3, 0.4) is 0 Å². The molecule has 1 amide bonds. The number of nitrogens with zero attached hydrogens (tertiary/aromatic N) is 1. The summed E-state index contributed by atoms with van der Waals surface area (Å²) in [6.45, 7) is 5.11. The molecule has 1 fully saturated rings. The fourth-order valence-electron chi connectivity index (χ4n) is 2.48. The molecule has 0 aromatic carbocycles. The van der Waals surface area contributed by atoms with Gasteiger partial charge in [-0.2, -0.15) is 0 Å². The molecule has 0 aliphatic heterocycles. The summed E-state index contributed by atoms with van der Waals surface area (Å²) in [7, 11) is 0. The molecule has 0 spiro atoms. The van der Waals surface area contributed by atoms with Crippen molar-refractivity contribution in [2.24, 2.45) is 5.92 Å². The van der Waals surface area contributed by atoms with Gasteiger partial charge in [0.15, 0.2) is 0 Å². The Morgan fingerprint density at radius 3 is 2.50 bits per heavy atom. The molecular weight excluding hydrogens is 232 g/mol. The average Bonchev–Trinajstić information content (AvgIpc) is 2.85. The maximum atomic E-state index is 12.3. The normalized spacial score (nSPS) is 17.7. The zero-order valence-electron chi connectivity index (χ0n) is 11.3. The highest BCUT2D eigenvalue weighted by molar-refractivity contribution is 5.83. The quantitative estimate of drug-likeness (QED) is 0.715. The van der Waals surface area contributed by atoms with Crippen molar-refractivity contribution in [1.82, 2.24) is 10.2 Å². The minimum Gasteiger partial charge on any atom is -0.480 e. The lowest BCUT2D eigenvalue weighted by atomic mass is 10.1. The second-order valence-corrected chi connectivity index (χ2v) is 5.01. The van der Waals surface area contributed by atoms with Crippen molar-refractivity contribution in [3.63, 3.8) is 0 Å². The van der Waals surface area contributed by atoms with Crippen molar-refractivity contribution in [3.8, 4) is 0 Å². The first-order valence-corrected chi connectivity index (χ1v) is 6.79. The number of carboxylic acid groups (broad SMARTS) is 1. The third-order valence-electron chi connectivity index (χ3n) is 3.48. The van der Waals surface area contributed by atoms with Crippen LogP contribution in [-0.2, 0) is 9.59 Å². The fraction of sp³-hybridized carbons (Fsp3) is 0.846. The van der Waals surface area contributed by atoms with Gasteiger partial charge in [-0.1, -0.05) is 26.7 Å². The zero-order chi connectivity index (χ0) is 13.5. The van der Waals surface area contributed by atoms with E-state index in [0.29, 0.717) is 6.54 Å². The van der Waals surface area contributed by atoms with Crippen molar-refractivity contribution in [3.05, 3.63) is 0 Å². The number of carbonyl (C=O) groups is 2. The van der Waals surface area contributed by atoms with Crippen LogP contribution < -0.4 is 5.32 Å². The topological polar surface area (TPSA) is 69.6 Å². The average molecular weight is 256 g/mol. The maximum Gasteiger partial charge on any atom is 0.323 e. The molecule has 5 heteroatoms. The lowest BCUT2D eigenvalue weighted by Crippen LogP contribution is -2.46. The lowest BCUT2D eigenvalue weighted by Gasteiger charge is -2.30. The van der Waals surface area contributed by atoms with Crippen LogP contribution in [0, 0.1) is 5.92 Å². The summed E-state index contributed by atoms with van der Waals surface area (Å²) >= 11 is 0. The molecule has 0 saturated heterocycles. The Labute approximate surface area is 109 Å². The zero-order valence-corrected chi connectivity index (χ0v) is 11.3. The van der Waals surface area contributed by atoms with Gasteiger partial charge in [0, 0.05) is 18.5 Å². The maximum absolute atomic E-state index is 12.3. The molecule has 1 aliphatic carbocycles. The van der Waals surface area contributed by atoms with Crippen molar-refractivity contribution in [1.29, 1.82) is 0 Å². The Morgan fingerprint density at radius 2 is 2.00 bits per heavy atom. The number of carbonyl (C=O) groups excluding carboxylic acids is 1. The van der Waals surface area contributed by atoms with Crippen LogP contribution in [0.15, 0.2) is 0 Å². The minimum absolute atomic E-state index is 0.0368. The van der Waals surface area contributed by atoms with E-state index in [4.69, 9.17) is 5.11 Å². The van der Waals surface area contributed by atoms with Crippen molar-refractivity contribution in [2.75, 3.05) is 19.6 Å². The number of hydrogen-bond acceptors (Lipinski definition) is 3. The van der Waals surface area contributed by atoms with Gasteiger partial charge in [-0.3, -0.25) is 9.59 Å². The molecule has 0 heterocycles. The number of hydrogen-bond donors (Lipinski definition) is 2. The molecule has 1 unspecified atom stereocenters. The summed E-state index contributed by atoms with van der Waals surface area (Å²) < 4.78 is 0. The Hall–Kier alpha value is -1.10. The molecule has 1 saturated carbocycles. The van der Waals surface area contributed by atoms with E-state index in [1.54, 1.807) is 4.90 Å². The third-order valence-corrected chi connectivity index (χ3v) is 3.48. The Kier molecular flexibility index (Phi) is 6.12. The Morgan fingerprint density at radius 1 is 1.39 bits per heavy atom. The van der Waals surface area contributed by atoms with Gasteiger partial charge in [0.05, 0.1) is 0 Å². The molecule has 1 aliphatic rings. The van der Waals surface area contributed by atoms with Crippen LogP contribution in [-0.4, -0.2) is 47.6 Å². The van der Waals surface area contributed by atoms with E-state index in [-0.39, 0.29) is 24.4 Å². The van der Waals surface area contributed by atoms with Gasteiger partial charge in [-0.25, -0.2) is 0 Å². The largest absolute Gasteiger partial charge is 0.480 e. The lowest BCUT2D eigenvalue weighted by molar-refractivity contribution is -0.147. The summed E-state index contributed by atoms with van der Waals surface area (Å²) in [5, 5.41) is 12.1. The highest BCUT2D eigenvalue weighted by Crippen LogP contribution is 2.24. The number of amides is 1. The van der Waals surface area contributed by atoms with Gasteiger partial charge in [-0.05, 0) is 19.4 Å². The molecule has 0 aromatic heterocycles. The van der Waals surface area contributed by atoms with E-state index in [2.05, 4.69) is 5.32 Å². The Balaban J connectivity index is 2.62. The molecule has 0 aromatic rings. The highest BCUT2D eigenvalue weighted by atomic mass is 16.4. The molecule has 2 N–H and O–H groups in total.